The Bertz CT molecular complexity index is 32.8. The van der Waals surface area contributed by atoms with Crippen molar-refractivity contribution in [2.24, 2.45) is 0 Å². The standard InChI is InChI=1S/La.NO3.7H2O/c;2-1(3)4;;;;;;;/h;;7*1H2/q;-1;;;;;;;. The molecule has 0 aliphatic rings. The zero-order chi connectivity index (χ0) is 3.58. The molecule has 0 aromatic rings. The Balaban J connectivity index is -0.00000000161. The van der Waals surface area contributed by atoms with Gasteiger partial charge in [0.2, 0.25) is 0 Å². The second-order valence-electron chi connectivity index (χ2n) is 0.224. The smallest absolute Gasteiger partial charge is 0.0689 e. The Morgan fingerprint density at radius 3 is 0.667 bits per heavy atom. The van der Waals surface area contributed by atoms with Crippen molar-refractivity contribution in [2.75, 3.05) is 0 Å². The van der Waals surface area contributed by atoms with E-state index in [9.17, 15) is 0 Å². The van der Waals surface area contributed by atoms with Gasteiger partial charge in [-0.2, -0.15) is 0 Å². The predicted octanol–water partition coefficient (Wildman–Crippen LogP) is -6.01. The monoisotopic (exact) mass is 327 g/mol. The first-order chi connectivity index (χ1) is 1.73. The molecule has 0 saturated heterocycles. The summed E-state index contributed by atoms with van der Waals surface area (Å²) in [7, 11) is 0. The van der Waals surface area contributed by atoms with Gasteiger partial charge in [0.05, 0.1) is 5.09 Å². The summed E-state index contributed by atoms with van der Waals surface area (Å²) in [6.07, 6.45) is 0. The Morgan fingerprint density at radius 2 is 0.667 bits per heavy atom. The molecule has 0 spiro atoms. The maximum atomic E-state index is 8.25. The first-order valence-electron chi connectivity index (χ1n) is 0.548. The Kier molecular flexibility index (Phi) is 1510. The van der Waals surface area contributed by atoms with Gasteiger partial charge in [0.15, 0.2) is 0 Å². The maximum Gasteiger partial charge on any atom is 0.0689 e. The summed E-state index contributed by atoms with van der Waals surface area (Å²) >= 11 is 0. The van der Waals surface area contributed by atoms with Crippen LogP contribution in [0.4, 0.5) is 0 Å². The molecule has 0 bridgehead atoms. The van der Waals surface area contributed by atoms with Crippen molar-refractivity contribution in [1.29, 1.82) is 0 Å². The molecule has 0 aliphatic carbocycles. The minimum absolute atomic E-state index is 0. The van der Waals surface area contributed by atoms with Gasteiger partial charge in [0.25, 0.3) is 0 Å². The van der Waals surface area contributed by atoms with Crippen molar-refractivity contribution in [3.63, 3.8) is 0 Å². The van der Waals surface area contributed by atoms with Crippen LogP contribution in [0, 0.1) is 50.9 Å². The summed E-state index contributed by atoms with van der Waals surface area (Å²) in [6, 6.07) is 0. The molecule has 11 nitrogen and oxygen atoms in total. The van der Waals surface area contributed by atoms with E-state index in [0.717, 1.165) is 0 Å². The molecule has 0 aliphatic heterocycles. The van der Waals surface area contributed by atoms with E-state index in [-0.39, 0.29) is 73.9 Å². The molecule has 0 amide bonds. The molecule has 83 valence electrons. The van der Waals surface area contributed by atoms with Crippen molar-refractivity contribution in [1.82, 2.24) is 0 Å². The van der Waals surface area contributed by atoms with E-state index >= 15 is 0 Å². The van der Waals surface area contributed by atoms with E-state index in [1.165, 1.54) is 0 Å². The number of rotatable bonds is 0. The Hall–Kier alpha value is 0.115. The Labute approximate surface area is 94.2 Å². The third-order valence-corrected chi connectivity index (χ3v) is 0. The van der Waals surface area contributed by atoms with Gasteiger partial charge in [-0.3, -0.25) is 0 Å². The van der Waals surface area contributed by atoms with E-state index < -0.39 is 5.09 Å². The van der Waals surface area contributed by atoms with Crippen LogP contribution in [0.1, 0.15) is 0 Å². The molecule has 1 radical (unpaired) electrons. The second-order valence-corrected chi connectivity index (χ2v) is 0.224. The third kappa shape index (κ3) is 63800. The van der Waals surface area contributed by atoms with Crippen LogP contribution in [0.15, 0.2) is 0 Å². The molecule has 0 saturated carbocycles. The zero-order valence-electron chi connectivity index (χ0n) is 5.75. The number of hydrogen-bond acceptors (Lipinski definition) is 3. The average molecular weight is 327 g/mol. The van der Waals surface area contributed by atoms with E-state index in [1.54, 1.807) is 0 Å². The quantitative estimate of drug-likeness (QED) is 0.310. The molecule has 0 fully saturated rings. The largest absolute Gasteiger partial charge is 0.412 e. The van der Waals surface area contributed by atoms with Crippen LogP contribution < -0.4 is 0 Å². The van der Waals surface area contributed by atoms with Crippen molar-refractivity contribution in [3.8, 4) is 0 Å². The van der Waals surface area contributed by atoms with Crippen LogP contribution in [0.2, 0.25) is 0 Å². The molecular weight excluding hydrogens is 313 g/mol. The summed E-state index contributed by atoms with van der Waals surface area (Å²) < 4.78 is 0. The summed E-state index contributed by atoms with van der Waals surface area (Å²) in [4.78, 5) is 8.25. The zero-order valence-corrected chi connectivity index (χ0v) is 9.38. The normalized spacial score (nSPS) is 2.00. The van der Waals surface area contributed by atoms with Crippen LogP contribution in [-0.4, -0.2) is 43.4 Å². The van der Waals surface area contributed by atoms with Gasteiger partial charge in [0.1, 0.15) is 0 Å². The first-order valence-corrected chi connectivity index (χ1v) is 0.548. The molecule has 0 heterocycles. The molecule has 0 rings (SSSR count). The van der Waals surface area contributed by atoms with Crippen LogP contribution >= 0.6 is 0 Å². The topological polar surface area (TPSA) is 287 Å². The molecule has 12 heteroatoms. The van der Waals surface area contributed by atoms with E-state index in [4.69, 9.17) is 15.3 Å². The molecular formula is H14LaNO10-. The van der Waals surface area contributed by atoms with Gasteiger partial charge in [0, 0.05) is 35.6 Å². The van der Waals surface area contributed by atoms with Gasteiger partial charge in [-0.05, 0) is 0 Å². The van der Waals surface area contributed by atoms with Crippen molar-refractivity contribution in [2.45, 2.75) is 0 Å². The second kappa shape index (κ2) is 117. The molecule has 0 aromatic carbocycles. The Morgan fingerprint density at radius 1 is 0.667 bits per heavy atom. The van der Waals surface area contributed by atoms with E-state index in [1.807, 2.05) is 0 Å². The molecule has 14 N–H and O–H groups in total. The SMILES string of the molecule is O.O.O.O.O.O.O.O=[N+]([O-])[O-].[La]. The van der Waals surface area contributed by atoms with Gasteiger partial charge < -0.3 is 53.7 Å². The fourth-order valence-corrected chi connectivity index (χ4v) is 0. The van der Waals surface area contributed by atoms with Gasteiger partial charge in [-0.15, -0.1) is 0 Å². The molecule has 0 unspecified atom stereocenters. The summed E-state index contributed by atoms with van der Waals surface area (Å²) in [6.45, 7) is 0. The van der Waals surface area contributed by atoms with E-state index in [2.05, 4.69) is 0 Å². The van der Waals surface area contributed by atoms with Gasteiger partial charge in [-0.25, -0.2) is 0 Å². The number of nitrogens with zero attached hydrogens (tertiary/aromatic N) is 1. The van der Waals surface area contributed by atoms with Crippen LogP contribution in [0.5, 0.6) is 0 Å². The molecule has 12 heavy (non-hydrogen) atoms. The third-order valence-electron chi connectivity index (χ3n) is 0. The van der Waals surface area contributed by atoms with Gasteiger partial charge in [-0.1, -0.05) is 0 Å². The predicted molar refractivity (Wildman–Crippen MR) is 35.7 cm³/mol. The van der Waals surface area contributed by atoms with Gasteiger partial charge >= 0.3 is 0 Å². The van der Waals surface area contributed by atoms with Crippen LogP contribution in [-0.2, 0) is 0 Å². The summed E-state index contributed by atoms with van der Waals surface area (Å²) in [5, 5.41) is 14.8. The first kappa shape index (κ1) is 154. The summed E-state index contributed by atoms with van der Waals surface area (Å²) in [5.74, 6) is 0. The number of hydrogen-bond donors (Lipinski definition) is 0. The minimum Gasteiger partial charge on any atom is -0.412 e. The maximum absolute atomic E-state index is 8.25. The van der Waals surface area contributed by atoms with Crippen molar-refractivity contribution >= 4 is 0 Å². The van der Waals surface area contributed by atoms with Crippen molar-refractivity contribution in [3.05, 3.63) is 15.3 Å². The summed E-state index contributed by atoms with van der Waals surface area (Å²) in [5.41, 5.74) is 0. The van der Waals surface area contributed by atoms with Crippen LogP contribution in [0.3, 0.4) is 0 Å². The van der Waals surface area contributed by atoms with Crippen molar-refractivity contribution < 1.29 is 79.0 Å². The minimum atomic E-state index is -1.75. The fraction of sp³-hybridized carbons (Fsp3) is 0. The molecule has 0 aromatic heterocycles. The van der Waals surface area contributed by atoms with Crippen LogP contribution in [0.25, 0.3) is 0 Å². The van der Waals surface area contributed by atoms with E-state index in [0.29, 0.717) is 0 Å². The molecule has 0 atom stereocenters. The fourth-order valence-electron chi connectivity index (χ4n) is 0. The average Bonchev–Trinajstić information content (AvgIpc) is 0.811.